The molecule has 0 atom stereocenters. The van der Waals surface area contributed by atoms with Crippen LogP contribution in [0, 0.1) is 6.92 Å². The zero-order valence-electron chi connectivity index (χ0n) is 8.51. The molecule has 0 aliphatic rings. The van der Waals surface area contributed by atoms with Gasteiger partial charge >= 0.3 is 0 Å². The van der Waals surface area contributed by atoms with Crippen LogP contribution in [0.4, 0.5) is 5.82 Å². The molecule has 0 fully saturated rings. The maximum atomic E-state index is 4.22. The molecule has 0 radical (unpaired) electrons. The number of hydrogen-bond donors (Lipinski definition) is 1. The molecular weight excluding hydrogens is 188 g/mol. The van der Waals surface area contributed by atoms with Crippen LogP contribution < -0.4 is 5.32 Å². The molecule has 0 amide bonds. The Morgan fingerprint density at radius 2 is 2.07 bits per heavy atom. The summed E-state index contributed by atoms with van der Waals surface area (Å²) in [5.41, 5.74) is 2.16. The van der Waals surface area contributed by atoms with E-state index in [0.29, 0.717) is 6.54 Å². The van der Waals surface area contributed by atoms with Crippen molar-refractivity contribution in [2.75, 3.05) is 5.32 Å². The summed E-state index contributed by atoms with van der Waals surface area (Å²) in [6.45, 7) is 2.69. The molecule has 2 rings (SSSR count). The zero-order chi connectivity index (χ0) is 10.5. The van der Waals surface area contributed by atoms with E-state index in [1.807, 2.05) is 25.3 Å². The highest BCUT2D eigenvalue weighted by Crippen LogP contribution is 2.03. The van der Waals surface area contributed by atoms with Crippen LogP contribution in [0.15, 0.2) is 36.9 Å². The molecule has 2 aromatic heterocycles. The average molecular weight is 200 g/mol. The summed E-state index contributed by atoms with van der Waals surface area (Å²) in [5.74, 6) is 0.776. The van der Waals surface area contributed by atoms with Crippen LogP contribution in [-0.4, -0.2) is 15.0 Å². The molecule has 0 saturated heterocycles. The van der Waals surface area contributed by atoms with Crippen molar-refractivity contribution >= 4 is 5.82 Å². The minimum atomic E-state index is 0.714. The molecule has 2 aromatic rings. The molecule has 15 heavy (non-hydrogen) atoms. The van der Waals surface area contributed by atoms with Crippen molar-refractivity contribution in [3.63, 3.8) is 0 Å². The third kappa shape index (κ3) is 2.74. The predicted molar refractivity (Wildman–Crippen MR) is 58.3 cm³/mol. The Balaban J connectivity index is 1.96. The highest BCUT2D eigenvalue weighted by atomic mass is 15.0. The number of hydrogen-bond acceptors (Lipinski definition) is 4. The summed E-state index contributed by atoms with van der Waals surface area (Å²) in [6, 6.07) is 4.04. The van der Waals surface area contributed by atoms with Crippen molar-refractivity contribution in [2.24, 2.45) is 0 Å². The molecule has 76 valence electrons. The molecule has 0 aliphatic carbocycles. The van der Waals surface area contributed by atoms with E-state index < -0.39 is 0 Å². The molecule has 0 aromatic carbocycles. The van der Waals surface area contributed by atoms with Crippen LogP contribution in [0.1, 0.15) is 11.3 Å². The molecule has 0 unspecified atom stereocenters. The summed E-state index contributed by atoms with van der Waals surface area (Å²) in [4.78, 5) is 12.3. The minimum absolute atomic E-state index is 0.714. The third-order valence-corrected chi connectivity index (χ3v) is 2.01. The van der Waals surface area contributed by atoms with E-state index in [9.17, 15) is 0 Å². The number of nitrogens with one attached hydrogen (secondary N) is 1. The number of nitrogens with zero attached hydrogens (tertiary/aromatic N) is 3. The van der Waals surface area contributed by atoms with E-state index in [0.717, 1.165) is 17.1 Å². The lowest BCUT2D eigenvalue weighted by Crippen LogP contribution is -2.01. The van der Waals surface area contributed by atoms with E-state index in [-0.39, 0.29) is 0 Å². The van der Waals surface area contributed by atoms with E-state index in [1.165, 1.54) is 0 Å². The van der Waals surface area contributed by atoms with Gasteiger partial charge in [0.25, 0.3) is 0 Å². The second-order valence-corrected chi connectivity index (χ2v) is 3.25. The number of pyridine rings is 1. The average Bonchev–Trinajstić information content (AvgIpc) is 2.30. The largest absolute Gasteiger partial charge is 0.365 e. The number of anilines is 1. The van der Waals surface area contributed by atoms with E-state index in [4.69, 9.17) is 0 Å². The quantitative estimate of drug-likeness (QED) is 0.820. The molecule has 4 nitrogen and oxygen atoms in total. The lowest BCUT2D eigenvalue weighted by Gasteiger charge is -2.04. The van der Waals surface area contributed by atoms with Crippen molar-refractivity contribution in [2.45, 2.75) is 13.5 Å². The van der Waals surface area contributed by atoms with Gasteiger partial charge in [-0.3, -0.25) is 9.97 Å². The fourth-order valence-electron chi connectivity index (χ4n) is 1.19. The summed E-state index contributed by atoms with van der Waals surface area (Å²) >= 11 is 0. The topological polar surface area (TPSA) is 50.7 Å². The summed E-state index contributed by atoms with van der Waals surface area (Å²) in [7, 11) is 0. The first-order valence-corrected chi connectivity index (χ1v) is 4.76. The van der Waals surface area contributed by atoms with Crippen molar-refractivity contribution in [1.29, 1.82) is 0 Å². The van der Waals surface area contributed by atoms with Gasteiger partial charge in [-0.05, 0) is 18.6 Å². The highest BCUT2D eigenvalue weighted by molar-refractivity contribution is 5.31. The molecule has 2 heterocycles. The van der Waals surface area contributed by atoms with Gasteiger partial charge in [0.05, 0.1) is 6.20 Å². The molecule has 0 saturated carbocycles. The Morgan fingerprint density at radius 3 is 2.73 bits per heavy atom. The normalized spacial score (nSPS) is 9.93. The molecule has 1 N–H and O–H groups in total. The van der Waals surface area contributed by atoms with E-state index in [2.05, 4.69) is 20.3 Å². The third-order valence-electron chi connectivity index (χ3n) is 2.01. The van der Waals surface area contributed by atoms with Gasteiger partial charge in [0, 0.05) is 30.8 Å². The Bertz CT molecular complexity index is 410. The van der Waals surface area contributed by atoms with Gasteiger partial charge in [-0.2, -0.15) is 0 Å². The first-order valence-electron chi connectivity index (χ1n) is 4.76. The van der Waals surface area contributed by atoms with Crippen molar-refractivity contribution < 1.29 is 0 Å². The van der Waals surface area contributed by atoms with Gasteiger partial charge in [0.1, 0.15) is 5.82 Å². The summed E-state index contributed by atoms with van der Waals surface area (Å²) < 4.78 is 0. The van der Waals surface area contributed by atoms with Gasteiger partial charge in [0.2, 0.25) is 0 Å². The fourth-order valence-corrected chi connectivity index (χ4v) is 1.19. The Labute approximate surface area is 88.4 Å². The predicted octanol–water partition coefficient (Wildman–Crippen LogP) is 1.79. The van der Waals surface area contributed by atoms with Crippen LogP contribution in [0.25, 0.3) is 0 Å². The fraction of sp³-hybridized carbons (Fsp3) is 0.182. The molecular formula is C11H12N4. The monoisotopic (exact) mass is 200 g/mol. The maximum Gasteiger partial charge on any atom is 0.144 e. The van der Waals surface area contributed by atoms with Crippen LogP contribution in [0.5, 0.6) is 0 Å². The van der Waals surface area contributed by atoms with Gasteiger partial charge in [-0.15, -0.1) is 0 Å². The lowest BCUT2D eigenvalue weighted by molar-refractivity contribution is 1.06. The maximum absolute atomic E-state index is 4.22. The van der Waals surface area contributed by atoms with Crippen molar-refractivity contribution in [1.82, 2.24) is 15.0 Å². The van der Waals surface area contributed by atoms with Crippen LogP contribution >= 0.6 is 0 Å². The van der Waals surface area contributed by atoms with E-state index in [1.54, 1.807) is 18.6 Å². The number of aryl methyl sites for hydroxylation is 1. The van der Waals surface area contributed by atoms with Crippen molar-refractivity contribution in [3.8, 4) is 0 Å². The number of aromatic nitrogens is 3. The zero-order valence-corrected chi connectivity index (χ0v) is 8.51. The summed E-state index contributed by atoms with van der Waals surface area (Å²) in [5, 5.41) is 3.17. The minimum Gasteiger partial charge on any atom is -0.365 e. The van der Waals surface area contributed by atoms with E-state index >= 15 is 0 Å². The van der Waals surface area contributed by atoms with Gasteiger partial charge in [0.15, 0.2) is 0 Å². The molecule has 4 heteroatoms. The molecule has 0 aliphatic heterocycles. The van der Waals surface area contributed by atoms with Crippen LogP contribution in [-0.2, 0) is 6.54 Å². The van der Waals surface area contributed by atoms with Gasteiger partial charge in [-0.1, -0.05) is 6.07 Å². The van der Waals surface area contributed by atoms with Gasteiger partial charge < -0.3 is 5.32 Å². The molecule has 0 spiro atoms. The van der Waals surface area contributed by atoms with Crippen molar-refractivity contribution in [3.05, 3.63) is 48.2 Å². The van der Waals surface area contributed by atoms with Gasteiger partial charge in [-0.25, -0.2) is 4.98 Å². The summed E-state index contributed by atoms with van der Waals surface area (Å²) in [6.07, 6.45) is 6.87. The standard InChI is InChI=1S/C11H12N4/c1-9-2-3-10(6-14-9)7-15-11-8-12-4-5-13-11/h2-6,8H,7H2,1H3,(H,13,15). The first kappa shape index (κ1) is 9.58. The number of rotatable bonds is 3. The smallest absolute Gasteiger partial charge is 0.144 e. The van der Waals surface area contributed by atoms with Crippen LogP contribution in [0.2, 0.25) is 0 Å². The Kier molecular flexibility index (Phi) is 2.88. The highest BCUT2D eigenvalue weighted by Gasteiger charge is 1.94. The molecule has 0 bridgehead atoms. The Morgan fingerprint density at radius 1 is 1.13 bits per heavy atom. The first-order chi connectivity index (χ1) is 7.34. The SMILES string of the molecule is Cc1ccc(CNc2cnccn2)cn1. The second-order valence-electron chi connectivity index (χ2n) is 3.25. The van der Waals surface area contributed by atoms with Crippen LogP contribution in [0.3, 0.4) is 0 Å². The Hall–Kier alpha value is -1.97. The second kappa shape index (κ2) is 4.50. The lowest BCUT2D eigenvalue weighted by atomic mass is 10.2.